The molecule has 0 aromatic carbocycles. The summed E-state index contributed by atoms with van der Waals surface area (Å²) < 4.78 is 1.68. The zero-order valence-corrected chi connectivity index (χ0v) is 9.40. The van der Waals surface area contributed by atoms with E-state index in [0.29, 0.717) is 11.7 Å². The number of nitrogens with zero attached hydrogens (tertiary/aromatic N) is 3. The Morgan fingerprint density at radius 3 is 2.47 bits per heavy atom. The average Bonchev–Trinajstić information content (AvgIpc) is 2.51. The first-order chi connectivity index (χ1) is 7.10. The minimum absolute atomic E-state index is 0.0509. The number of carbonyl (C=O) groups is 1. The summed E-state index contributed by atoms with van der Waals surface area (Å²) in [7, 11) is 0. The minimum Gasteiger partial charge on any atom is -0.480 e. The normalized spacial score (nSPS) is 10.9. The van der Waals surface area contributed by atoms with Crippen molar-refractivity contribution in [1.29, 1.82) is 0 Å². The Hall–Kier alpha value is -1.39. The molecule has 15 heavy (non-hydrogen) atoms. The van der Waals surface area contributed by atoms with Crippen LogP contribution in [0.25, 0.3) is 0 Å². The maximum absolute atomic E-state index is 10.7. The fourth-order valence-electron chi connectivity index (χ4n) is 1.68. The lowest BCUT2D eigenvalue weighted by molar-refractivity contribution is -0.137. The molecule has 0 radical (unpaired) electrons. The molecular formula is C10H17N3O2. The Morgan fingerprint density at radius 1 is 1.40 bits per heavy atom. The van der Waals surface area contributed by atoms with Gasteiger partial charge in [0.25, 0.3) is 0 Å². The molecule has 0 aliphatic carbocycles. The van der Waals surface area contributed by atoms with Gasteiger partial charge in [0, 0.05) is 5.92 Å². The van der Waals surface area contributed by atoms with Crippen molar-refractivity contribution < 1.29 is 9.90 Å². The van der Waals surface area contributed by atoms with E-state index in [1.807, 2.05) is 0 Å². The van der Waals surface area contributed by atoms with E-state index in [2.05, 4.69) is 24.0 Å². The summed E-state index contributed by atoms with van der Waals surface area (Å²) in [4.78, 5) is 10.7. The summed E-state index contributed by atoms with van der Waals surface area (Å²) in [5, 5.41) is 16.8. The molecule has 84 valence electrons. The maximum Gasteiger partial charge on any atom is 0.323 e. The van der Waals surface area contributed by atoms with Crippen molar-refractivity contribution in [2.75, 3.05) is 0 Å². The van der Waals surface area contributed by atoms with Crippen LogP contribution < -0.4 is 0 Å². The Balaban J connectivity index is 3.01. The third kappa shape index (κ3) is 2.55. The van der Waals surface area contributed by atoms with Gasteiger partial charge in [0.15, 0.2) is 0 Å². The van der Waals surface area contributed by atoms with Crippen LogP contribution in [0.2, 0.25) is 0 Å². The Kier molecular flexibility index (Phi) is 3.82. The van der Waals surface area contributed by atoms with Gasteiger partial charge in [-0.25, -0.2) is 0 Å². The van der Waals surface area contributed by atoms with E-state index < -0.39 is 5.97 Å². The van der Waals surface area contributed by atoms with Crippen molar-refractivity contribution in [1.82, 2.24) is 14.8 Å². The third-order valence-corrected chi connectivity index (χ3v) is 2.61. The molecule has 0 saturated heterocycles. The molecule has 0 unspecified atom stereocenters. The maximum atomic E-state index is 10.7. The lowest BCUT2D eigenvalue weighted by Crippen LogP contribution is -2.15. The standard InChI is InChI=1S/C10H17N3O2/c1-4-8(5-2)10-12-11-7(3)13(10)6-9(14)15/h8H,4-6H2,1-3H3,(H,14,15). The van der Waals surface area contributed by atoms with E-state index in [1.165, 1.54) is 0 Å². The summed E-state index contributed by atoms with van der Waals surface area (Å²) in [6, 6.07) is 0. The fraction of sp³-hybridized carbons (Fsp3) is 0.700. The van der Waals surface area contributed by atoms with Crippen LogP contribution in [0.1, 0.15) is 44.3 Å². The van der Waals surface area contributed by atoms with Gasteiger partial charge < -0.3 is 9.67 Å². The highest BCUT2D eigenvalue weighted by Gasteiger charge is 2.18. The van der Waals surface area contributed by atoms with Gasteiger partial charge in [0.1, 0.15) is 18.2 Å². The molecule has 0 aliphatic rings. The zero-order chi connectivity index (χ0) is 11.4. The number of hydrogen-bond donors (Lipinski definition) is 1. The quantitative estimate of drug-likeness (QED) is 0.802. The summed E-state index contributed by atoms with van der Waals surface area (Å²) in [6.07, 6.45) is 1.91. The van der Waals surface area contributed by atoms with Gasteiger partial charge in [0.05, 0.1) is 0 Å². The second-order valence-corrected chi connectivity index (χ2v) is 3.60. The van der Waals surface area contributed by atoms with E-state index in [1.54, 1.807) is 11.5 Å². The van der Waals surface area contributed by atoms with E-state index in [9.17, 15) is 4.79 Å². The van der Waals surface area contributed by atoms with Crippen molar-refractivity contribution in [3.63, 3.8) is 0 Å². The molecule has 1 rings (SSSR count). The second-order valence-electron chi connectivity index (χ2n) is 3.60. The van der Waals surface area contributed by atoms with E-state index >= 15 is 0 Å². The Bertz CT molecular complexity index is 342. The highest BCUT2D eigenvalue weighted by molar-refractivity contribution is 5.66. The first-order valence-electron chi connectivity index (χ1n) is 5.21. The molecule has 1 heterocycles. The van der Waals surface area contributed by atoms with Crippen LogP contribution in [0.5, 0.6) is 0 Å². The number of rotatable bonds is 5. The van der Waals surface area contributed by atoms with Gasteiger partial charge in [-0.15, -0.1) is 10.2 Å². The van der Waals surface area contributed by atoms with Crippen LogP contribution in [0.15, 0.2) is 0 Å². The summed E-state index contributed by atoms with van der Waals surface area (Å²) in [5.41, 5.74) is 0. The second kappa shape index (κ2) is 4.91. The van der Waals surface area contributed by atoms with E-state index in [0.717, 1.165) is 18.7 Å². The summed E-state index contributed by atoms with van der Waals surface area (Å²) in [5.74, 6) is 0.898. The molecular weight excluding hydrogens is 194 g/mol. The highest BCUT2D eigenvalue weighted by atomic mass is 16.4. The van der Waals surface area contributed by atoms with Crippen LogP contribution in [0, 0.1) is 6.92 Å². The number of hydrogen-bond acceptors (Lipinski definition) is 3. The number of carboxylic acids is 1. The van der Waals surface area contributed by atoms with Gasteiger partial charge in [-0.05, 0) is 19.8 Å². The lowest BCUT2D eigenvalue weighted by Gasteiger charge is -2.12. The van der Waals surface area contributed by atoms with Crippen molar-refractivity contribution in [3.05, 3.63) is 11.6 Å². The van der Waals surface area contributed by atoms with Gasteiger partial charge in [0.2, 0.25) is 0 Å². The van der Waals surface area contributed by atoms with Crippen molar-refractivity contribution in [2.24, 2.45) is 0 Å². The molecule has 1 aromatic heterocycles. The fourth-order valence-corrected chi connectivity index (χ4v) is 1.68. The first kappa shape index (κ1) is 11.7. The number of carboxylic acid groups (broad SMARTS) is 1. The molecule has 5 nitrogen and oxygen atoms in total. The largest absolute Gasteiger partial charge is 0.480 e. The van der Waals surface area contributed by atoms with Gasteiger partial charge in [-0.1, -0.05) is 13.8 Å². The smallest absolute Gasteiger partial charge is 0.323 e. The van der Waals surface area contributed by atoms with Crippen molar-refractivity contribution in [2.45, 2.75) is 46.1 Å². The van der Waals surface area contributed by atoms with Crippen LogP contribution in [0.3, 0.4) is 0 Å². The number of aryl methyl sites for hydroxylation is 1. The molecule has 0 atom stereocenters. The van der Waals surface area contributed by atoms with Crippen LogP contribution in [-0.2, 0) is 11.3 Å². The first-order valence-corrected chi connectivity index (χ1v) is 5.21. The molecule has 0 aliphatic heterocycles. The zero-order valence-electron chi connectivity index (χ0n) is 9.40. The molecule has 0 saturated carbocycles. The van der Waals surface area contributed by atoms with Gasteiger partial charge in [-0.2, -0.15) is 0 Å². The summed E-state index contributed by atoms with van der Waals surface area (Å²) >= 11 is 0. The molecule has 0 fully saturated rings. The Labute approximate surface area is 89.1 Å². The van der Waals surface area contributed by atoms with E-state index in [4.69, 9.17) is 5.11 Å². The van der Waals surface area contributed by atoms with Crippen LogP contribution in [0.4, 0.5) is 0 Å². The SMILES string of the molecule is CCC(CC)c1nnc(C)n1CC(=O)O. The molecule has 0 spiro atoms. The molecule has 5 heteroatoms. The molecule has 0 amide bonds. The molecule has 0 bridgehead atoms. The number of aliphatic carboxylic acids is 1. The minimum atomic E-state index is -0.856. The van der Waals surface area contributed by atoms with Gasteiger partial charge in [-0.3, -0.25) is 4.79 Å². The third-order valence-electron chi connectivity index (χ3n) is 2.61. The molecule has 1 N–H and O–H groups in total. The predicted molar refractivity (Wildman–Crippen MR) is 55.7 cm³/mol. The van der Waals surface area contributed by atoms with Crippen molar-refractivity contribution in [3.8, 4) is 0 Å². The molecule has 1 aromatic rings. The van der Waals surface area contributed by atoms with Crippen LogP contribution >= 0.6 is 0 Å². The predicted octanol–water partition coefficient (Wildman–Crippen LogP) is 1.57. The van der Waals surface area contributed by atoms with Gasteiger partial charge >= 0.3 is 5.97 Å². The van der Waals surface area contributed by atoms with E-state index in [-0.39, 0.29) is 6.54 Å². The highest BCUT2D eigenvalue weighted by Crippen LogP contribution is 2.21. The monoisotopic (exact) mass is 211 g/mol. The average molecular weight is 211 g/mol. The summed E-state index contributed by atoms with van der Waals surface area (Å²) in [6.45, 7) is 5.87. The van der Waals surface area contributed by atoms with Crippen LogP contribution in [-0.4, -0.2) is 25.8 Å². The number of aromatic nitrogens is 3. The lowest BCUT2D eigenvalue weighted by atomic mass is 10.0. The van der Waals surface area contributed by atoms with Crippen molar-refractivity contribution >= 4 is 5.97 Å². The Morgan fingerprint density at radius 2 is 2.00 bits per heavy atom. The topological polar surface area (TPSA) is 68.0 Å².